The molecule has 8 heteroatoms. The molecule has 1 heterocycles. The lowest BCUT2D eigenvalue weighted by Crippen LogP contribution is -2.27. The molecule has 1 amide bonds. The quantitative estimate of drug-likeness (QED) is 0.406. The van der Waals surface area contributed by atoms with Crippen LogP contribution in [0.5, 0.6) is 17.2 Å². The number of hydrogen-bond donors (Lipinski definition) is 2. The Morgan fingerprint density at radius 2 is 1.81 bits per heavy atom. The van der Waals surface area contributed by atoms with Crippen molar-refractivity contribution in [3.8, 4) is 17.2 Å². The Morgan fingerprint density at radius 1 is 1.06 bits per heavy atom. The Bertz CT molecular complexity index is 1050. The molecule has 0 radical (unpaired) electrons. The number of anilines is 2. The van der Waals surface area contributed by atoms with E-state index in [0.717, 1.165) is 5.39 Å². The number of nitrogens with two attached hydrogens (primary N) is 1. The van der Waals surface area contributed by atoms with E-state index in [1.54, 1.807) is 55.8 Å². The molecule has 0 aliphatic carbocycles. The highest BCUT2D eigenvalue weighted by molar-refractivity contribution is 5.90. The van der Waals surface area contributed by atoms with Gasteiger partial charge in [0.25, 0.3) is 0 Å². The molecular weight excluding hydrogens is 398 g/mol. The van der Waals surface area contributed by atoms with E-state index in [9.17, 15) is 4.79 Å². The molecule has 3 N–H and O–H groups in total. The molecule has 1 aromatic heterocycles. The van der Waals surface area contributed by atoms with E-state index in [1.165, 1.54) is 0 Å². The number of aromatic nitrogens is 1. The summed E-state index contributed by atoms with van der Waals surface area (Å²) in [5.74, 6) is 1.75. The number of fused-ring (bicyclic) bond motifs is 1. The summed E-state index contributed by atoms with van der Waals surface area (Å²) in [5, 5.41) is 3.45. The summed E-state index contributed by atoms with van der Waals surface area (Å²) in [4.78, 5) is 16.3. The first kappa shape index (κ1) is 22.2. The minimum absolute atomic E-state index is 0.395. The lowest BCUT2D eigenvalue weighted by molar-refractivity contribution is 0.0636. The summed E-state index contributed by atoms with van der Waals surface area (Å²) in [5.41, 5.74) is 7.36. The van der Waals surface area contributed by atoms with Crippen LogP contribution < -0.4 is 20.5 Å². The number of carbonyl (C=O) groups is 1. The van der Waals surface area contributed by atoms with Gasteiger partial charge in [-0.2, -0.15) is 0 Å². The fourth-order valence-corrected chi connectivity index (χ4v) is 2.77. The number of hydrogen-bond acceptors (Lipinski definition) is 7. The van der Waals surface area contributed by atoms with E-state index in [2.05, 4.69) is 10.3 Å². The molecule has 0 aliphatic heterocycles. The highest BCUT2D eigenvalue weighted by Gasteiger charge is 2.16. The Hall–Kier alpha value is -3.52. The van der Waals surface area contributed by atoms with Gasteiger partial charge >= 0.3 is 6.09 Å². The number of pyridine rings is 1. The Labute approximate surface area is 181 Å². The lowest BCUT2D eigenvalue weighted by Gasteiger charge is -2.19. The molecule has 0 saturated heterocycles. The van der Waals surface area contributed by atoms with Gasteiger partial charge in [-0.05, 0) is 57.2 Å². The number of nitrogens with one attached hydrogen (secondary N) is 1. The molecule has 0 fully saturated rings. The maximum atomic E-state index is 11.9. The van der Waals surface area contributed by atoms with Crippen LogP contribution in [0.15, 0.2) is 48.7 Å². The van der Waals surface area contributed by atoms with Crippen LogP contribution in [0.1, 0.15) is 20.8 Å². The molecule has 3 rings (SSSR count). The number of rotatable bonds is 7. The molecule has 0 unspecified atom stereocenters. The maximum Gasteiger partial charge on any atom is 0.412 e. The van der Waals surface area contributed by atoms with Gasteiger partial charge < -0.3 is 24.7 Å². The second kappa shape index (κ2) is 9.53. The molecule has 2 aromatic carbocycles. The third-order valence-electron chi connectivity index (χ3n) is 4.11. The SMILES string of the molecule is COCCOc1cc2nccc(Oc3ccc(NC(=O)OC(C)(C)C)cc3)c2cc1N. The minimum Gasteiger partial charge on any atom is -0.489 e. The van der Waals surface area contributed by atoms with Gasteiger partial charge in [0.15, 0.2) is 0 Å². The average Bonchev–Trinajstić information content (AvgIpc) is 2.69. The number of benzene rings is 2. The molecule has 31 heavy (non-hydrogen) atoms. The van der Waals surface area contributed by atoms with Crippen LogP contribution in [0.2, 0.25) is 0 Å². The first-order chi connectivity index (χ1) is 14.7. The van der Waals surface area contributed by atoms with Crippen molar-refractivity contribution in [1.29, 1.82) is 0 Å². The zero-order chi connectivity index (χ0) is 22.4. The molecule has 0 bridgehead atoms. The minimum atomic E-state index is -0.563. The highest BCUT2D eigenvalue weighted by atomic mass is 16.6. The summed E-state index contributed by atoms with van der Waals surface area (Å²) in [6, 6.07) is 12.3. The number of methoxy groups -OCH3 is 1. The number of nitrogens with zero attached hydrogens (tertiary/aromatic N) is 1. The summed E-state index contributed by atoms with van der Waals surface area (Å²) < 4.78 is 21.9. The Kier molecular flexibility index (Phi) is 6.81. The normalized spacial score (nSPS) is 11.2. The zero-order valence-corrected chi connectivity index (χ0v) is 18.1. The number of amides is 1. The molecule has 0 aliphatic rings. The predicted molar refractivity (Wildman–Crippen MR) is 120 cm³/mol. The monoisotopic (exact) mass is 425 g/mol. The second-order valence-corrected chi connectivity index (χ2v) is 7.81. The highest BCUT2D eigenvalue weighted by Crippen LogP contribution is 2.34. The summed E-state index contributed by atoms with van der Waals surface area (Å²) in [7, 11) is 1.61. The van der Waals surface area contributed by atoms with Gasteiger partial charge in [-0.1, -0.05) is 0 Å². The van der Waals surface area contributed by atoms with E-state index in [1.807, 2.05) is 20.8 Å². The molecule has 0 spiro atoms. The van der Waals surface area contributed by atoms with E-state index < -0.39 is 11.7 Å². The van der Waals surface area contributed by atoms with Gasteiger partial charge in [0.1, 0.15) is 29.5 Å². The fourth-order valence-electron chi connectivity index (χ4n) is 2.77. The average molecular weight is 425 g/mol. The van der Waals surface area contributed by atoms with Crippen molar-refractivity contribution in [3.05, 3.63) is 48.7 Å². The first-order valence-corrected chi connectivity index (χ1v) is 9.83. The van der Waals surface area contributed by atoms with Crippen LogP contribution in [0, 0.1) is 0 Å². The predicted octanol–water partition coefficient (Wildman–Crippen LogP) is 4.98. The standard InChI is InChI=1S/C23H27N3O5/c1-23(2,3)31-22(27)26-15-5-7-16(8-6-15)30-20-9-10-25-19-14-21(29-12-11-28-4)18(24)13-17(19)20/h5-10,13-14H,11-12,24H2,1-4H3,(H,26,27). The van der Waals surface area contributed by atoms with Crippen molar-refractivity contribution in [1.82, 2.24) is 4.98 Å². The number of nitrogen functional groups attached to an aromatic ring is 1. The topological polar surface area (TPSA) is 105 Å². The van der Waals surface area contributed by atoms with Crippen molar-refractivity contribution in [2.75, 3.05) is 31.4 Å². The third-order valence-corrected chi connectivity index (χ3v) is 4.11. The molecule has 8 nitrogen and oxygen atoms in total. The van der Waals surface area contributed by atoms with Crippen LogP contribution in [0.3, 0.4) is 0 Å². The summed E-state index contributed by atoms with van der Waals surface area (Å²) in [6.45, 7) is 6.29. The van der Waals surface area contributed by atoms with Crippen LogP contribution in [-0.2, 0) is 9.47 Å². The smallest absolute Gasteiger partial charge is 0.412 e. The van der Waals surface area contributed by atoms with Crippen LogP contribution in [0.25, 0.3) is 10.9 Å². The molecule has 164 valence electrons. The maximum absolute atomic E-state index is 11.9. The molecule has 3 aromatic rings. The van der Waals surface area contributed by atoms with Gasteiger partial charge in [-0.15, -0.1) is 0 Å². The molecular formula is C23H27N3O5. The Morgan fingerprint density at radius 3 is 2.48 bits per heavy atom. The van der Waals surface area contributed by atoms with Gasteiger partial charge in [0, 0.05) is 30.4 Å². The lowest BCUT2D eigenvalue weighted by atomic mass is 10.1. The van der Waals surface area contributed by atoms with Crippen molar-refractivity contribution >= 4 is 28.4 Å². The van der Waals surface area contributed by atoms with Crippen LogP contribution >= 0.6 is 0 Å². The van der Waals surface area contributed by atoms with Crippen molar-refractivity contribution in [2.24, 2.45) is 0 Å². The van der Waals surface area contributed by atoms with Crippen molar-refractivity contribution < 1.29 is 23.7 Å². The molecule has 0 atom stereocenters. The van der Waals surface area contributed by atoms with Crippen LogP contribution in [0.4, 0.5) is 16.2 Å². The van der Waals surface area contributed by atoms with Gasteiger partial charge in [-0.3, -0.25) is 10.3 Å². The third kappa shape index (κ3) is 6.23. The second-order valence-electron chi connectivity index (χ2n) is 7.81. The summed E-state index contributed by atoms with van der Waals surface area (Å²) in [6.07, 6.45) is 1.14. The van der Waals surface area contributed by atoms with Gasteiger partial charge in [-0.25, -0.2) is 4.79 Å². The Balaban J connectivity index is 1.74. The fraction of sp³-hybridized carbons (Fsp3) is 0.304. The first-order valence-electron chi connectivity index (χ1n) is 9.83. The van der Waals surface area contributed by atoms with Gasteiger partial charge in [0.05, 0.1) is 17.8 Å². The van der Waals surface area contributed by atoms with E-state index in [4.69, 9.17) is 24.7 Å². The van der Waals surface area contributed by atoms with Crippen molar-refractivity contribution in [3.63, 3.8) is 0 Å². The van der Waals surface area contributed by atoms with Crippen molar-refractivity contribution in [2.45, 2.75) is 26.4 Å². The van der Waals surface area contributed by atoms with E-state index in [-0.39, 0.29) is 0 Å². The van der Waals surface area contributed by atoms with E-state index >= 15 is 0 Å². The zero-order valence-electron chi connectivity index (χ0n) is 18.1. The van der Waals surface area contributed by atoms with Gasteiger partial charge in [0.2, 0.25) is 0 Å². The summed E-state index contributed by atoms with van der Waals surface area (Å²) >= 11 is 0. The number of carbonyl (C=O) groups excluding carboxylic acids is 1. The van der Waals surface area contributed by atoms with Crippen LogP contribution in [-0.4, -0.2) is 37.0 Å². The number of ether oxygens (including phenoxy) is 4. The van der Waals surface area contributed by atoms with E-state index in [0.29, 0.717) is 47.4 Å². The molecule has 0 saturated carbocycles. The largest absolute Gasteiger partial charge is 0.489 e.